The first-order chi connectivity index (χ1) is 11.7. The summed E-state index contributed by atoms with van der Waals surface area (Å²) in [4.78, 5) is 12.7. The molecule has 5 heteroatoms. The third-order valence-electron chi connectivity index (χ3n) is 3.91. The molecule has 0 unspecified atom stereocenters. The van der Waals surface area contributed by atoms with Crippen LogP contribution in [0.2, 0.25) is 0 Å². The minimum atomic E-state index is -0.157. The summed E-state index contributed by atoms with van der Waals surface area (Å²) in [6.45, 7) is 1.06. The molecule has 0 atom stereocenters. The van der Waals surface area contributed by atoms with Crippen LogP contribution in [0.5, 0.6) is 11.5 Å². The summed E-state index contributed by atoms with van der Waals surface area (Å²) >= 11 is 3.53. The fraction of sp³-hybridized carbons (Fsp3) is 0.105. The van der Waals surface area contributed by atoms with E-state index in [0.29, 0.717) is 36.0 Å². The highest BCUT2D eigenvalue weighted by molar-refractivity contribution is 9.10. The molecule has 4 rings (SSSR count). The summed E-state index contributed by atoms with van der Waals surface area (Å²) in [5.74, 6) is 1.20. The van der Waals surface area contributed by atoms with Gasteiger partial charge in [0, 0.05) is 21.8 Å². The highest BCUT2D eigenvalue weighted by Gasteiger charge is 2.15. The molecule has 0 radical (unpaired) electrons. The van der Waals surface area contributed by atoms with Crippen LogP contribution < -0.4 is 14.8 Å². The number of ether oxygens (including phenoxy) is 2. The van der Waals surface area contributed by atoms with Crippen LogP contribution in [0.1, 0.15) is 10.4 Å². The SMILES string of the molecule is O=C(Nc1ccc2c(c1)OCCO2)c1cccc2c(Br)cccc12. The van der Waals surface area contributed by atoms with Gasteiger partial charge in [-0.05, 0) is 35.0 Å². The number of amides is 1. The Bertz CT molecular complexity index is 939. The number of hydrogen-bond donors (Lipinski definition) is 1. The molecule has 0 aromatic heterocycles. The van der Waals surface area contributed by atoms with Crippen molar-refractivity contribution in [2.75, 3.05) is 18.5 Å². The highest BCUT2D eigenvalue weighted by atomic mass is 79.9. The number of carbonyl (C=O) groups is 1. The maximum atomic E-state index is 12.7. The molecule has 0 fully saturated rings. The van der Waals surface area contributed by atoms with Gasteiger partial charge in [-0.25, -0.2) is 0 Å². The van der Waals surface area contributed by atoms with Gasteiger partial charge >= 0.3 is 0 Å². The van der Waals surface area contributed by atoms with E-state index in [9.17, 15) is 4.79 Å². The Morgan fingerprint density at radius 2 is 1.67 bits per heavy atom. The predicted octanol–water partition coefficient (Wildman–Crippen LogP) is 4.63. The molecule has 0 spiro atoms. The third-order valence-corrected chi connectivity index (χ3v) is 4.61. The maximum absolute atomic E-state index is 12.7. The molecule has 0 saturated heterocycles. The largest absolute Gasteiger partial charge is 0.486 e. The highest BCUT2D eigenvalue weighted by Crippen LogP contribution is 2.33. The van der Waals surface area contributed by atoms with Crippen molar-refractivity contribution in [1.82, 2.24) is 0 Å². The lowest BCUT2D eigenvalue weighted by molar-refractivity contribution is 0.102. The van der Waals surface area contributed by atoms with Crippen molar-refractivity contribution in [3.63, 3.8) is 0 Å². The number of benzene rings is 3. The number of carbonyl (C=O) groups excluding carboxylic acids is 1. The lowest BCUT2D eigenvalue weighted by Gasteiger charge is -2.19. The molecule has 1 N–H and O–H groups in total. The number of rotatable bonds is 2. The monoisotopic (exact) mass is 383 g/mol. The van der Waals surface area contributed by atoms with Crippen molar-refractivity contribution >= 4 is 38.3 Å². The van der Waals surface area contributed by atoms with Gasteiger partial charge < -0.3 is 14.8 Å². The van der Waals surface area contributed by atoms with Crippen LogP contribution in [0, 0.1) is 0 Å². The molecular weight excluding hydrogens is 370 g/mol. The summed E-state index contributed by atoms with van der Waals surface area (Å²) in [6.07, 6.45) is 0. The van der Waals surface area contributed by atoms with Gasteiger partial charge in [0.1, 0.15) is 13.2 Å². The average molecular weight is 384 g/mol. The topological polar surface area (TPSA) is 47.6 Å². The number of nitrogens with one attached hydrogen (secondary N) is 1. The summed E-state index contributed by atoms with van der Waals surface area (Å²) in [7, 11) is 0. The predicted molar refractivity (Wildman–Crippen MR) is 97.0 cm³/mol. The summed E-state index contributed by atoms with van der Waals surface area (Å²) in [5, 5.41) is 4.84. The fourth-order valence-electron chi connectivity index (χ4n) is 2.79. The van der Waals surface area contributed by atoms with Gasteiger partial charge in [0.15, 0.2) is 11.5 Å². The van der Waals surface area contributed by atoms with Gasteiger partial charge in [-0.3, -0.25) is 4.79 Å². The molecule has 3 aromatic carbocycles. The van der Waals surface area contributed by atoms with Crippen LogP contribution in [0.15, 0.2) is 59.1 Å². The van der Waals surface area contributed by atoms with Crippen molar-refractivity contribution in [3.05, 3.63) is 64.6 Å². The zero-order chi connectivity index (χ0) is 16.5. The minimum Gasteiger partial charge on any atom is -0.486 e. The Kier molecular flexibility index (Phi) is 3.86. The fourth-order valence-corrected chi connectivity index (χ4v) is 3.29. The molecule has 1 aliphatic rings. The van der Waals surface area contributed by atoms with E-state index in [4.69, 9.17) is 9.47 Å². The molecule has 0 bridgehead atoms. The van der Waals surface area contributed by atoms with Crippen molar-refractivity contribution in [2.45, 2.75) is 0 Å². The molecular formula is C19H14BrNO3. The number of halogens is 1. The molecule has 24 heavy (non-hydrogen) atoms. The van der Waals surface area contributed by atoms with Gasteiger partial charge in [0.25, 0.3) is 5.91 Å². The second kappa shape index (κ2) is 6.17. The molecule has 4 nitrogen and oxygen atoms in total. The molecule has 1 aliphatic heterocycles. The van der Waals surface area contributed by atoms with Gasteiger partial charge in [0.2, 0.25) is 0 Å². The maximum Gasteiger partial charge on any atom is 0.256 e. The van der Waals surface area contributed by atoms with E-state index in [1.807, 2.05) is 48.5 Å². The van der Waals surface area contributed by atoms with E-state index in [1.54, 1.807) is 6.07 Å². The zero-order valence-corrected chi connectivity index (χ0v) is 14.3. The lowest BCUT2D eigenvalue weighted by Crippen LogP contribution is -2.16. The van der Waals surface area contributed by atoms with Crippen molar-refractivity contribution in [1.29, 1.82) is 0 Å². The van der Waals surface area contributed by atoms with E-state index in [-0.39, 0.29) is 5.91 Å². The summed E-state index contributed by atoms with van der Waals surface area (Å²) in [6, 6.07) is 16.9. The van der Waals surface area contributed by atoms with Crippen LogP contribution in [-0.4, -0.2) is 19.1 Å². The molecule has 0 aliphatic carbocycles. The van der Waals surface area contributed by atoms with Crippen LogP contribution in [0.3, 0.4) is 0 Å². The standard InChI is InChI=1S/C19H14BrNO3/c20-16-6-2-3-13-14(16)4-1-5-15(13)19(22)21-12-7-8-17-18(11-12)24-10-9-23-17/h1-8,11H,9-10H2,(H,21,22). The van der Waals surface area contributed by atoms with E-state index in [1.165, 1.54) is 0 Å². The smallest absolute Gasteiger partial charge is 0.256 e. The Hall–Kier alpha value is -2.53. The number of anilines is 1. The van der Waals surface area contributed by atoms with Gasteiger partial charge in [0.05, 0.1) is 0 Å². The Labute approximate surface area is 147 Å². The Morgan fingerprint density at radius 3 is 2.54 bits per heavy atom. The molecule has 1 amide bonds. The van der Waals surface area contributed by atoms with Crippen molar-refractivity contribution < 1.29 is 14.3 Å². The second-order valence-corrected chi connectivity index (χ2v) is 6.31. The zero-order valence-electron chi connectivity index (χ0n) is 12.7. The molecule has 3 aromatic rings. The van der Waals surface area contributed by atoms with E-state index in [2.05, 4.69) is 21.2 Å². The van der Waals surface area contributed by atoms with E-state index >= 15 is 0 Å². The first kappa shape index (κ1) is 15.0. The third kappa shape index (κ3) is 2.71. The summed E-state index contributed by atoms with van der Waals surface area (Å²) in [5.41, 5.74) is 1.31. The van der Waals surface area contributed by atoms with E-state index < -0.39 is 0 Å². The molecule has 0 saturated carbocycles. The Morgan fingerprint density at radius 1 is 0.917 bits per heavy atom. The Balaban J connectivity index is 1.66. The average Bonchev–Trinajstić information content (AvgIpc) is 2.61. The van der Waals surface area contributed by atoms with Crippen LogP contribution >= 0.6 is 15.9 Å². The van der Waals surface area contributed by atoms with Crippen molar-refractivity contribution in [3.8, 4) is 11.5 Å². The lowest BCUT2D eigenvalue weighted by atomic mass is 10.0. The molecule has 120 valence electrons. The van der Waals surface area contributed by atoms with Crippen LogP contribution in [0.25, 0.3) is 10.8 Å². The van der Waals surface area contributed by atoms with Gasteiger partial charge in [-0.2, -0.15) is 0 Å². The summed E-state index contributed by atoms with van der Waals surface area (Å²) < 4.78 is 12.0. The van der Waals surface area contributed by atoms with Crippen LogP contribution in [0.4, 0.5) is 5.69 Å². The minimum absolute atomic E-state index is 0.157. The first-order valence-corrected chi connectivity index (χ1v) is 8.40. The normalized spacial score (nSPS) is 12.9. The van der Waals surface area contributed by atoms with Gasteiger partial charge in [-0.1, -0.05) is 40.2 Å². The number of fused-ring (bicyclic) bond motifs is 2. The van der Waals surface area contributed by atoms with E-state index in [0.717, 1.165) is 15.2 Å². The number of hydrogen-bond acceptors (Lipinski definition) is 3. The second-order valence-electron chi connectivity index (χ2n) is 5.45. The quantitative estimate of drug-likeness (QED) is 0.701. The van der Waals surface area contributed by atoms with Gasteiger partial charge in [-0.15, -0.1) is 0 Å². The van der Waals surface area contributed by atoms with Crippen molar-refractivity contribution in [2.24, 2.45) is 0 Å². The molecule has 1 heterocycles. The van der Waals surface area contributed by atoms with Crippen LogP contribution in [-0.2, 0) is 0 Å². The first-order valence-electron chi connectivity index (χ1n) is 7.60.